The molecule has 2 heterocycles. The van der Waals surface area contributed by atoms with Crippen LogP contribution in [0.15, 0.2) is 24.3 Å². The summed E-state index contributed by atoms with van der Waals surface area (Å²) in [6, 6.07) is 8.97. The van der Waals surface area contributed by atoms with E-state index in [1.807, 2.05) is 17.0 Å². The van der Waals surface area contributed by atoms with E-state index < -0.39 is 10.0 Å². The molecule has 2 amide bonds. The standard InChI is InChI=1S/C19H27N5O3S/c1-28(26,27)23-12-17-11-22-19(25)24(13-14-5-7-21-8-6-14)18(17)16-4-2-3-15(9-16)10-20/h2-4,9,14,17-18,21,23H,5-8,11-13H2,1H3,(H,22,25). The molecule has 9 heteroatoms. The van der Waals surface area contributed by atoms with E-state index >= 15 is 0 Å². The largest absolute Gasteiger partial charge is 0.338 e. The van der Waals surface area contributed by atoms with Crippen LogP contribution < -0.4 is 15.4 Å². The van der Waals surface area contributed by atoms with Crippen molar-refractivity contribution in [3.05, 3.63) is 35.4 Å². The van der Waals surface area contributed by atoms with Crippen LogP contribution in [0.5, 0.6) is 0 Å². The highest BCUT2D eigenvalue weighted by atomic mass is 32.2. The van der Waals surface area contributed by atoms with Crippen LogP contribution in [0.1, 0.15) is 30.0 Å². The maximum absolute atomic E-state index is 12.7. The molecule has 1 aromatic rings. The third-order valence-corrected chi connectivity index (χ3v) is 6.13. The molecule has 152 valence electrons. The summed E-state index contributed by atoms with van der Waals surface area (Å²) in [5.41, 5.74) is 1.39. The van der Waals surface area contributed by atoms with Gasteiger partial charge in [0.05, 0.1) is 23.9 Å². The van der Waals surface area contributed by atoms with Crippen molar-refractivity contribution < 1.29 is 13.2 Å². The van der Waals surface area contributed by atoms with Gasteiger partial charge in [-0.1, -0.05) is 12.1 Å². The first-order chi connectivity index (χ1) is 13.4. The van der Waals surface area contributed by atoms with Crippen LogP contribution in [-0.4, -0.2) is 58.3 Å². The fraction of sp³-hybridized carbons (Fsp3) is 0.579. The monoisotopic (exact) mass is 405 g/mol. The number of nitrogens with one attached hydrogen (secondary N) is 3. The molecule has 2 unspecified atom stereocenters. The Morgan fingerprint density at radius 2 is 2.07 bits per heavy atom. The van der Waals surface area contributed by atoms with Gasteiger partial charge in [-0.3, -0.25) is 0 Å². The second kappa shape index (κ2) is 8.90. The van der Waals surface area contributed by atoms with Crippen LogP contribution in [0.25, 0.3) is 0 Å². The first-order valence-electron chi connectivity index (χ1n) is 9.57. The van der Waals surface area contributed by atoms with Gasteiger partial charge in [-0.2, -0.15) is 5.26 Å². The van der Waals surface area contributed by atoms with Crippen molar-refractivity contribution in [1.82, 2.24) is 20.3 Å². The van der Waals surface area contributed by atoms with Crippen molar-refractivity contribution in [2.75, 3.05) is 39.0 Å². The second-order valence-electron chi connectivity index (χ2n) is 7.59. The van der Waals surface area contributed by atoms with Crippen LogP contribution in [0, 0.1) is 23.2 Å². The normalized spacial score (nSPS) is 23.9. The lowest BCUT2D eigenvalue weighted by molar-refractivity contribution is 0.103. The smallest absolute Gasteiger partial charge is 0.317 e. The minimum absolute atomic E-state index is 0.136. The highest BCUT2D eigenvalue weighted by Crippen LogP contribution is 2.33. The zero-order chi connectivity index (χ0) is 20.1. The van der Waals surface area contributed by atoms with E-state index in [0.29, 0.717) is 24.6 Å². The number of nitriles is 1. The SMILES string of the molecule is CS(=O)(=O)NCC1CNC(=O)N(CC2CCNCC2)C1c1cccc(C#N)c1. The molecule has 0 aromatic heterocycles. The van der Waals surface area contributed by atoms with Crippen molar-refractivity contribution in [2.45, 2.75) is 18.9 Å². The lowest BCUT2D eigenvalue weighted by Crippen LogP contribution is -2.56. The van der Waals surface area contributed by atoms with Crippen LogP contribution >= 0.6 is 0 Å². The lowest BCUT2D eigenvalue weighted by Gasteiger charge is -2.43. The summed E-state index contributed by atoms with van der Waals surface area (Å²) in [7, 11) is -3.34. The maximum atomic E-state index is 12.7. The summed E-state index contributed by atoms with van der Waals surface area (Å²) in [6.07, 6.45) is 3.13. The molecule has 2 aliphatic heterocycles. The number of nitrogens with zero attached hydrogens (tertiary/aromatic N) is 2. The second-order valence-corrected chi connectivity index (χ2v) is 9.43. The fourth-order valence-electron chi connectivity index (χ4n) is 4.04. The third kappa shape index (κ3) is 5.22. The molecule has 0 aliphatic carbocycles. The van der Waals surface area contributed by atoms with Gasteiger partial charge in [-0.25, -0.2) is 17.9 Å². The van der Waals surface area contributed by atoms with E-state index in [1.165, 1.54) is 0 Å². The van der Waals surface area contributed by atoms with Crippen molar-refractivity contribution in [2.24, 2.45) is 11.8 Å². The average molecular weight is 406 g/mol. The summed E-state index contributed by atoms with van der Waals surface area (Å²) in [6.45, 7) is 3.10. The number of amides is 2. The van der Waals surface area contributed by atoms with Crippen LogP contribution in [-0.2, 0) is 10.0 Å². The summed E-state index contributed by atoms with van der Waals surface area (Å²) in [5, 5.41) is 15.5. The fourth-order valence-corrected chi connectivity index (χ4v) is 4.55. The zero-order valence-corrected chi connectivity index (χ0v) is 16.8. The number of sulfonamides is 1. The summed E-state index contributed by atoms with van der Waals surface area (Å²) < 4.78 is 25.8. The zero-order valence-electron chi connectivity index (χ0n) is 16.0. The van der Waals surface area contributed by atoms with E-state index in [2.05, 4.69) is 21.4 Å². The van der Waals surface area contributed by atoms with Gasteiger partial charge in [0.1, 0.15) is 0 Å². The van der Waals surface area contributed by atoms with Crippen molar-refractivity contribution in [1.29, 1.82) is 5.26 Å². The minimum Gasteiger partial charge on any atom is -0.338 e. The van der Waals surface area contributed by atoms with E-state index in [-0.39, 0.29) is 24.5 Å². The molecular formula is C19H27N5O3S. The van der Waals surface area contributed by atoms with Crippen LogP contribution in [0.4, 0.5) is 4.79 Å². The van der Waals surface area contributed by atoms with Crippen LogP contribution in [0.3, 0.4) is 0 Å². The van der Waals surface area contributed by atoms with Crippen molar-refractivity contribution in [3.63, 3.8) is 0 Å². The van der Waals surface area contributed by atoms with Gasteiger partial charge in [-0.15, -0.1) is 0 Å². The number of hydrogen-bond acceptors (Lipinski definition) is 5. The van der Waals surface area contributed by atoms with Gasteiger partial charge in [0, 0.05) is 25.6 Å². The number of benzene rings is 1. The Morgan fingerprint density at radius 1 is 1.32 bits per heavy atom. The quantitative estimate of drug-likeness (QED) is 0.647. The Morgan fingerprint density at radius 3 is 2.75 bits per heavy atom. The predicted octanol–water partition coefficient (Wildman–Crippen LogP) is 0.790. The Bertz CT molecular complexity index is 845. The van der Waals surface area contributed by atoms with Crippen molar-refractivity contribution in [3.8, 4) is 6.07 Å². The summed E-state index contributed by atoms with van der Waals surface area (Å²) in [4.78, 5) is 14.6. The van der Waals surface area contributed by atoms with E-state index in [1.54, 1.807) is 12.1 Å². The predicted molar refractivity (Wildman–Crippen MR) is 106 cm³/mol. The molecule has 0 radical (unpaired) electrons. The molecule has 0 bridgehead atoms. The highest BCUT2D eigenvalue weighted by Gasteiger charge is 2.38. The van der Waals surface area contributed by atoms with Gasteiger partial charge in [0.2, 0.25) is 10.0 Å². The van der Waals surface area contributed by atoms with Gasteiger partial charge in [0.25, 0.3) is 0 Å². The Kier molecular flexibility index (Phi) is 6.54. The molecule has 2 aliphatic rings. The van der Waals surface area contributed by atoms with Crippen LogP contribution in [0.2, 0.25) is 0 Å². The number of urea groups is 1. The lowest BCUT2D eigenvalue weighted by atomic mass is 9.87. The molecular weight excluding hydrogens is 378 g/mol. The molecule has 2 atom stereocenters. The average Bonchev–Trinajstić information content (AvgIpc) is 2.68. The molecule has 2 saturated heterocycles. The molecule has 3 rings (SSSR count). The number of carbonyl (C=O) groups excluding carboxylic acids is 1. The molecule has 0 spiro atoms. The van der Waals surface area contributed by atoms with E-state index in [9.17, 15) is 18.5 Å². The first kappa shape index (κ1) is 20.6. The molecule has 1 aromatic carbocycles. The van der Waals surface area contributed by atoms with Crippen molar-refractivity contribution >= 4 is 16.1 Å². The van der Waals surface area contributed by atoms with Gasteiger partial charge < -0.3 is 15.5 Å². The third-order valence-electron chi connectivity index (χ3n) is 5.44. The first-order valence-corrected chi connectivity index (χ1v) is 11.5. The Labute approximate surface area is 166 Å². The molecule has 8 nitrogen and oxygen atoms in total. The highest BCUT2D eigenvalue weighted by molar-refractivity contribution is 7.88. The number of piperidine rings is 1. The Hall–Kier alpha value is -2.15. The summed E-state index contributed by atoms with van der Waals surface area (Å²) >= 11 is 0. The number of carbonyl (C=O) groups is 1. The molecule has 28 heavy (non-hydrogen) atoms. The number of hydrogen-bond donors (Lipinski definition) is 3. The van der Waals surface area contributed by atoms with E-state index in [4.69, 9.17) is 0 Å². The molecule has 0 saturated carbocycles. The van der Waals surface area contributed by atoms with Gasteiger partial charge >= 0.3 is 6.03 Å². The maximum Gasteiger partial charge on any atom is 0.317 e. The topological polar surface area (TPSA) is 114 Å². The Balaban J connectivity index is 1.90. The molecule has 3 N–H and O–H groups in total. The number of rotatable bonds is 6. The van der Waals surface area contributed by atoms with Gasteiger partial charge in [-0.05, 0) is 49.5 Å². The van der Waals surface area contributed by atoms with E-state index in [0.717, 1.165) is 37.8 Å². The minimum atomic E-state index is -3.34. The summed E-state index contributed by atoms with van der Waals surface area (Å²) in [5.74, 6) is 0.262. The molecule has 2 fully saturated rings. The van der Waals surface area contributed by atoms with Gasteiger partial charge in [0.15, 0.2) is 0 Å².